The van der Waals surface area contributed by atoms with E-state index in [1.165, 1.54) is 6.07 Å². The molecule has 0 radical (unpaired) electrons. The maximum atomic E-state index is 12.5. The third kappa shape index (κ3) is 4.12. The molecule has 0 spiro atoms. The molecule has 3 rings (SSSR count). The van der Waals surface area contributed by atoms with Crippen molar-refractivity contribution >= 4 is 45.6 Å². The lowest BCUT2D eigenvalue weighted by atomic mass is 10.1. The van der Waals surface area contributed by atoms with Crippen molar-refractivity contribution in [3.8, 4) is 11.3 Å². The van der Waals surface area contributed by atoms with Crippen molar-refractivity contribution in [1.29, 1.82) is 0 Å². The first-order valence-electron chi connectivity index (χ1n) is 7.61. The largest absolute Gasteiger partial charge is 0.322 e. The number of pyridine rings is 1. The van der Waals surface area contributed by atoms with Crippen molar-refractivity contribution in [2.75, 3.05) is 11.6 Å². The van der Waals surface area contributed by atoms with Crippen LogP contribution < -0.4 is 5.32 Å². The molecule has 0 saturated heterocycles. The van der Waals surface area contributed by atoms with Crippen LogP contribution in [-0.4, -0.2) is 21.4 Å². The number of hydrogen-bond acceptors (Lipinski definition) is 3. The molecule has 132 valence electrons. The van der Waals surface area contributed by atoms with Gasteiger partial charge in [-0.1, -0.05) is 29.3 Å². The summed E-state index contributed by atoms with van der Waals surface area (Å²) in [6, 6.07) is 15.4. The Hall–Kier alpha value is -2.21. The highest BCUT2D eigenvalue weighted by Crippen LogP contribution is 2.29. The van der Waals surface area contributed by atoms with Crippen molar-refractivity contribution < 1.29 is 9.00 Å². The SMILES string of the molecule is CS(=O)c1ccc(C(=O)Nc2ccc(Cl)c(-c3ccccn3)c2)c(Cl)c1. The fourth-order valence-electron chi connectivity index (χ4n) is 2.38. The third-order valence-electron chi connectivity index (χ3n) is 3.68. The first-order valence-corrected chi connectivity index (χ1v) is 9.92. The van der Waals surface area contributed by atoms with Crippen LogP contribution in [0, 0.1) is 0 Å². The second-order valence-electron chi connectivity index (χ2n) is 5.46. The Kier molecular flexibility index (Phi) is 5.71. The number of nitrogens with one attached hydrogen (secondary N) is 1. The van der Waals surface area contributed by atoms with E-state index in [0.29, 0.717) is 32.4 Å². The zero-order valence-corrected chi connectivity index (χ0v) is 16.0. The summed E-state index contributed by atoms with van der Waals surface area (Å²) in [6.45, 7) is 0. The van der Waals surface area contributed by atoms with Crippen molar-refractivity contribution in [3.63, 3.8) is 0 Å². The van der Waals surface area contributed by atoms with Crippen LogP contribution in [0.2, 0.25) is 10.0 Å². The molecule has 2 aromatic carbocycles. The number of halogens is 2. The number of rotatable bonds is 4. The molecule has 1 unspecified atom stereocenters. The molecule has 1 heterocycles. The minimum absolute atomic E-state index is 0.245. The monoisotopic (exact) mass is 404 g/mol. The molecule has 3 aromatic rings. The van der Waals surface area contributed by atoms with Gasteiger partial charge in [0.2, 0.25) is 0 Å². The summed E-state index contributed by atoms with van der Waals surface area (Å²) in [5, 5.41) is 3.58. The van der Waals surface area contributed by atoms with Gasteiger partial charge in [-0.2, -0.15) is 0 Å². The van der Waals surface area contributed by atoms with Gasteiger partial charge < -0.3 is 5.32 Å². The number of hydrogen-bond donors (Lipinski definition) is 1. The van der Waals surface area contributed by atoms with E-state index in [4.69, 9.17) is 23.2 Å². The standard InChI is InChI=1S/C19H14Cl2N2O2S/c1-26(25)13-6-7-14(17(21)11-13)19(24)23-12-5-8-16(20)15(10-12)18-4-2-3-9-22-18/h2-11H,1H3,(H,23,24). The normalized spacial score (nSPS) is 11.8. The molecule has 7 heteroatoms. The number of nitrogens with zero attached hydrogens (tertiary/aromatic N) is 1. The van der Waals surface area contributed by atoms with Gasteiger partial charge in [0.25, 0.3) is 5.91 Å². The van der Waals surface area contributed by atoms with E-state index < -0.39 is 10.8 Å². The number of carbonyl (C=O) groups is 1. The summed E-state index contributed by atoms with van der Waals surface area (Å²) < 4.78 is 11.5. The van der Waals surface area contributed by atoms with Crippen molar-refractivity contribution in [2.45, 2.75) is 4.90 Å². The maximum Gasteiger partial charge on any atom is 0.257 e. The Bertz CT molecular complexity index is 994. The fraction of sp³-hybridized carbons (Fsp3) is 0.0526. The van der Waals surface area contributed by atoms with E-state index in [1.54, 1.807) is 42.8 Å². The zero-order chi connectivity index (χ0) is 18.7. The van der Waals surface area contributed by atoms with Crippen LogP contribution in [0.15, 0.2) is 65.7 Å². The van der Waals surface area contributed by atoms with Gasteiger partial charge in [-0.15, -0.1) is 0 Å². The molecule has 0 fully saturated rings. The molecule has 4 nitrogen and oxygen atoms in total. The second kappa shape index (κ2) is 7.99. The molecule has 0 aliphatic rings. The summed E-state index contributed by atoms with van der Waals surface area (Å²) in [4.78, 5) is 17.4. The predicted molar refractivity (Wildman–Crippen MR) is 106 cm³/mol. The average molecular weight is 405 g/mol. The highest BCUT2D eigenvalue weighted by molar-refractivity contribution is 7.84. The molecule has 0 aliphatic heterocycles. The molecule has 1 atom stereocenters. The predicted octanol–water partition coefficient (Wildman–Crippen LogP) is 5.05. The van der Waals surface area contributed by atoms with Gasteiger partial charge >= 0.3 is 0 Å². The van der Waals surface area contributed by atoms with Gasteiger partial charge in [0.15, 0.2) is 0 Å². The van der Waals surface area contributed by atoms with Crippen molar-refractivity contribution in [1.82, 2.24) is 4.98 Å². The minimum atomic E-state index is -1.16. The van der Waals surface area contributed by atoms with E-state index in [9.17, 15) is 9.00 Å². The van der Waals surface area contributed by atoms with Gasteiger partial charge in [-0.3, -0.25) is 14.0 Å². The summed E-state index contributed by atoms with van der Waals surface area (Å²) in [5.41, 5.74) is 2.30. The van der Waals surface area contributed by atoms with Crippen LogP contribution in [0.3, 0.4) is 0 Å². The summed E-state index contributed by atoms with van der Waals surface area (Å²) >= 11 is 12.4. The molecule has 1 N–H and O–H groups in total. The molecule has 0 aliphatic carbocycles. The smallest absolute Gasteiger partial charge is 0.257 e. The number of amides is 1. The van der Waals surface area contributed by atoms with Gasteiger partial charge in [0.05, 0.1) is 21.3 Å². The molecule has 1 amide bonds. The van der Waals surface area contributed by atoms with Crippen molar-refractivity contribution in [3.05, 3.63) is 76.4 Å². The zero-order valence-electron chi connectivity index (χ0n) is 13.7. The minimum Gasteiger partial charge on any atom is -0.322 e. The summed E-state index contributed by atoms with van der Waals surface area (Å²) in [5.74, 6) is -0.363. The third-order valence-corrected chi connectivity index (χ3v) is 5.24. The highest BCUT2D eigenvalue weighted by atomic mass is 35.5. The van der Waals surface area contributed by atoms with E-state index in [2.05, 4.69) is 10.3 Å². The van der Waals surface area contributed by atoms with Crippen LogP contribution in [-0.2, 0) is 10.8 Å². The van der Waals surface area contributed by atoms with Crippen LogP contribution in [0.1, 0.15) is 10.4 Å². The molecule has 0 saturated carbocycles. The Balaban J connectivity index is 1.88. The number of benzene rings is 2. The topological polar surface area (TPSA) is 59.1 Å². The highest BCUT2D eigenvalue weighted by Gasteiger charge is 2.13. The Morgan fingerprint density at radius 2 is 1.85 bits per heavy atom. The first-order chi connectivity index (χ1) is 12.5. The van der Waals surface area contributed by atoms with Crippen LogP contribution >= 0.6 is 23.2 Å². The summed E-state index contributed by atoms with van der Waals surface area (Å²) in [7, 11) is -1.16. The van der Waals surface area contributed by atoms with Crippen LogP contribution in [0.5, 0.6) is 0 Å². The quantitative estimate of drug-likeness (QED) is 0.661. The second-order valence-corrected chi connectivity index (χ2v) is 7.65. The van der Waals surface area contributed by atoms with Crippen LogP contribution in [0.25, 0.3) is 11.3 Å². The number of anilines is 1. The molecular formula is C19H14Cl2N2O2S. The molecule has 1 aromatic heterocycles. The van der Waals surface area contributed by atoms with Gasteiger partial charge in [0.1, 0.15) is 0 Å². The lowest BCUT2D eigenvalue weighted by Gasteiger charge is -2.10. The van der Waals surface area contributed by atoms with Crippen molar-refractivity contribution in [2.24, 2.45) is 0 Å². The molecule has 0 bridgehead atoms. The summed E-state index contributed by atoms with van der Waals surface area (Å²) in [6.07, 6.45) is 3.23. The Morgan fingerprint density at radius 3 is 2.50 bits per heavy atom. The van der Waals surface area contributed by atoms with Gasteiger partial charge in [0, 0.05) is 39.4 Å². The Labute approximate surface area is 163 Å². The van der Waals surface area contributed by atoms with E-state index in [0.717, 1.165) is 0 Å². The Morgan fingerprint density at radius 1 is 1.04 bits per heavy atom. The lowest BCUT2D eigenvalue weighted by molar-refractivity contribution is 0.102. The maximum absolute atomic E-state index is 12.5. The van der Waals surface area contributed by atoms with E-state index >= 15 is 0 Å². The number of aromatic nitrogens is 1. The fourth-order valence-corrected chi connectivity index (χ4v) is 3.47. The van der Waals surface area contributed by atoms with Gasteiger partial charge in [-0.25, -0.2) is 0 Å². The average Bonchev–Trinajstić information content (AvgIpc) is 2.63. The molecular weight excluding hydrogens is 391 g/mol. The van der Waals surface area contributed by atoms with Gasteiger partial charge in [-0.05, 0) is 48.5 Å². The lowest BCUT2D eigenvalue weighted by Crippen LogP contribution is -2.12. The van der Waals surface area contributed by atoms with E-state index in [-0.39, 0.29) is 10.9 Å². The number of carbonyl (C=O) groups excluding carboxylic acids is 1. The first kappa shape index (κ1) is 18.6. The molecule has 26 heavy (non-hydrogen) atoms. The van der Waals surface area contributed by atoms with Crippen LogP contribution in [0.4, 0.5) is 5.69 Å². The van der Waals surface area contributed by atoms with E-state index in [1.807, 2.05) is 18.2 Å².